The lowest BCUT2D eigenvalue weighted by atomic mass is 10.1. The molecule has 3 amide bonds. The first-order valence-electron chi connectivity index (χ1n) is 8.97. The Morgan fingerprint density at radius 1 is 1.10 bits per heavy atom. The van der Waals surface area contributed by atoms with Crippen molar-refractivity contribution in [3.8, 4) is 0 Å². The molecule has 29 heavy (non-hydrogen) atoms. The largest absolute Gasteiger partial charge is 0.465 e. The topological polar surface area (TPSA) is 109 Å². The van der Waals surface area contributed by atoms with E-state index < -0.39 is 11.9 Å². The molecule has 0 spiro atoms. The second-order valence-electron chi connectivity index (χ2n) is 6.35. The molecule has 1 N–H and O–H groups in total. The summed E-state index contributed by atoms with van der Waals surface area (Å²) < 4.78 is 4.72. The Bertz CT molecular complexity index is 938. The fourth-order valence-electron chi connectivity index (χ4n) is 2.96. The number of rotatable bonds is 5. The van der Waals surface area contributed by atoms with Gasteiger partial charge in [0.2, 0.25) is 6.41 Å². The first kappa shape index (κ1) is 20.0. The number of carbonyl (C=O) groups is 4. The van der Waals surface area contributed by atoms with Crippen LogP contribution in [0.5, 0.6) is 0 Å². The maximum Gasteiger partial charge on any atom is 0.339 e. The van der Waals surface area contributed by atoms with Crippen molar-refractivity contribution in [2.75, 3.05) is 38.6 Å². The highest BCUT2D eigenvalue weighted by Gasteiger charge is 2.23. The van der Waals surface area contributed by atoms with E-state index in [-0.39, 0.29) is 22.7 Å². The minimum absolute atomic E-state index is 0.137. The van der Waals surface area contributed by atoms with Crippen molar-refractivity contribution in [3.05, 3.63) is 59.4 Å². The lowest BCUT2D eigenvalue weighted by molar-refractivity contribution is -0.119. The number of pyridine rings is 1. The summed E-state index contributed by atoms with van der Waals surface area (Å²) in [5, 5.41) is 2.66. The van der Waals surface area contributed by atoms with E-state index in [0.29, 0.717) is 31.9 Å². The first-order valence-corrected chi connectivity index (χ1v) is 8.97. The van der Waals surface area contributed by atoms with E-state index in [9.17, 15) is 19.2 Å². The van der Waals surface area contributed by atoms with Crippen LogP contribution in [-0.2, 0) is 9.53 Å². The Morgan fingerprint density at radius 2 is 1.83 bits per heavy atom. The van der Waals surface area contributed by atoms with Crippen LogP contribution >= 0.6 is 0 Å². The highest BCUT2D eigenvalue weighted by Crippen LogP contribution is 2.17. The van der Waals surface area contributed by atoms with E-state index in [0.717, 1.165) is 6.41 Å². The van der Waals surface area contributed by atoms with Crippen molar-refractivity contribution in [2.24, 2.45) is 0 Å². The van der Waals surface area contributed by atoms with Crippen molar-refractivity contribution in [2.45, 2.75) is 0 Å². The monoisotopic (exact) mass is 396 g/mol. The number of nitrogens with zero attached hydrogens (tertiary/aromatic N) is 3. The minimum atomic E-state index is -0.569. The number of para-hydroxylation sites is 1. The average Bonchev–Trinajstić information content (AvgIpc) is 2.78. The molecular weight excluding hydrogens is 376 g/mol. The number of hydrogen-bond acceptors (Lipinski definition) is 6. The van der Waals surface area contributed by atoms with E-state index in [2.05, 4.69) is 10.3 Å². The van der Waals surface area contributed by atoms with Crippen molar-refractivity contribution < 1.29 is 23.9 Å². The number of methoxy groups -OCH3 is 1. The van der Waals surface area contributed by atoms with Crippen molar-refractivity contribution in [1.82, 2.24) is 14.8 Å². The molecule has 0 atom stereocenters. The summed E-state index contributed by atoms with van der Waals surface area (Å²) in [7, 11) is 1.26. The third kappa shape index (κ3) is 4.57. The number of anilines is 1. The van der Waals surface area contributed by atoms with Gasteiger partial charge in [0.25, 0.3) is 11.8 Å². The van der Waals surface area contributed by atoms with E-state index in [1.807, 2.05) is 0 Å². The standard InChI is InChI=1S/C20H20N4O5/c1-29-20(28)15-4-2-3-5-16(15)22-18(26)14-6-7-21-17(12-14)19(27)24-10-8-23(13-25)9-11-24/h2-7,12-13H,8-11H2,1H3,(H,22,26). The molecule has 150 valence electrons. The molecule has 1 aliphatic rings. The maximum atomic E-state index is 12.7. The van der Waals surface area contributed by atoms with E-state index in [1.54, 1.807) is 34.1 Å². The van der Waals surface area contributed by atoms with Gasteiger partial charge in [-0.05, 0) is 24.3 Å². The Labute approximate surface area is 167 Å². The molecule has 2 heterocycles. The number of aromatic nitrogens is 1. The average molecular weight is 396 g/mol. The van der Waals surface area contributed by atoms with Gasteiger partial charge in [-0.2, -0.15) is 0 Å². The number of amides is 3. The number of carbonyl (C=O) groups excluding carboxylic acids is 4. The van der Waals surface area contributed by atoms with Crippen LogP contribution in [0.4, 0.5) is 5.69 Å². The third-order valence-corrected chi connectivity index (χ3v) is 4.57. The summed E-state index contributed by atoms with van der Waals surface area (Å²) in [5.74, 6) is -1.36. The third-order valence-electron chi connectivity index (χ3n) is 4.57. The second kappa shape index (κ2) is 8.96. The predicted molar refractivity (Wildman–Crippen MR) is 104 cm³/mol. The number of nitrogens with one attached hydrogen (secondary N) is 1. The molecular formula is C20H20N4O5. The van der Waals surface area contributed by atoms with Gasteiger partial charge in [0, 0.05) is 37.9 Å². The van der Waals surface area contributed by atoms with Crippen LogP contribution in [0, 0.1) is 0 Å². The fourth-order valence-corrected chi connectivity index (χ4v) is 2.96. The lowest BCUT2D eigenvalue weighted by Gasteiger charge is -2.32. The highest BCUT2D eigenvalue weighted by molar-refractivity contribution is 6.08. The smallest absolute Gasteiger partial charge is 0.339 e. The lowest BCUT2D eigenvalue weighted by Crippen LogP contribution is -2.48. The molecule has 1 saturated heterocycles. The zero-order chi connectivity index (χ0) is 20.8. The van der Waals surface area contributed by atoms with Gasteiger partial charge in [0.1, 0.15) is 5.69 Å². The quantitative estimate of drug-likeness (QED) is 0.597. The molecule has 1 aliphatic heterocycles. The first-order chi connectivity index (χ1) is 14.0. The van der Waals surface area contributed by atoms with Crippen LogP contribution in [-0.4, -0.2) is 72.3 Å². The van der Waals surface area contributed by atoms with Gasteiger partial charge in [-0.1, -0.05) is 12.1 Å². The summed E-state index contributed by atoms with van der Waals surface area (Å²) in [5.41, 5.74) is 0.897. The minimum Gasteiger partial charge on any atom is -0.465 e. The van der Waals surface area contributed by atoms with Crippen molar-refractivity contribution in [1.29, 1.82) is 0 Å². The number of benzene rings is 1. The molecule has 1 aromatic heterocycles. The molecule has 2 aromatic rings. The number of esters is 1. The zero-order valence-electron chi connectivity index (χ0n) is 15.8. The SMILES string of the molecule is COC(=O)c1ccccc1NC(=O)c1ccnc(C(=O)N2CCN(C=O)CC2)c1. The van der Waals surface area contributed by atoms with Gasteiger partial charge in [0.15, 0.2) is 0 Å². The van der Waals surface area contributed by atoms with E-state index in [4.69, 9.17) is 4.74 Å². The summed E-state index contributed by atoms with van der Waals surface area (Å²) in [4.78, 5) is 55.2. The van der Waals surface area contributed by atoms with E-state index in [1.165, 1.54) is 25.4 Å². The summed E-state index contributed by atoms with van der Waals surface area (Å²) in [6, 6.07) is 9.37. The summed E-state index contributed by atoms with van der Waals surface area (Å²) in [6.07, 6.45) is 2.15. The highest BCUT2D eigenvalue weighted by atomic mass is 16.5. The Hall–Kier alpha value is -3.75. The van der Waals surface area contributed by atoms with E-state index >= 15 is 0 Å². The van der Waals surface area contributed by atoms with Gasteiger partial charge < -0.3 is 19.9 Å². The van der Waals surface area contributed by atoms with Crippen LogP contribution in [0.25, 0.3) is 0 Å². The van der Waals surface area contributed by atoms with Crippen LogP contribution < -0.4 is 5.32 Å². The van der Waals surface area contributed by atoms with Gasteiger partial charge in [0.05, 0.1) is 18.4 Å². The molecule has 9 heteroatoms. The number of hydrogen-bond donors (Lipinski definition) is 1. The predicted octanol–water partition coefficient (Wildman–Crippen LogP) is 1.03. The second-order valence-corrected chi connectivity index (χ2v) is 6.35. The molecule has 1 fully saturated rings. The Kier molecular flexibility index (Phi) is 6.18. The van der Waals surface area contributed by atoms with Gasteiger partial charge >= 0.3 is 5.97 Å². The zero-order valence-corrected chi connectivity index (χ0v) is 15.8. The maximum absolute atomic E-state index is 12.7. The van der Waals surface area contributed by atoms with Gasteiger partial charge in [-0.3, -0.25) is 19.4 Å². The molecule has 0 saturated carbocycles. The van der Waals surface area contributed by atoms with Gasteiger partial charge in [-0.25, -0.2) is 4.79 Å². The normalized spacial score (nSPS) is 13.6. The molecule has 0 bridgehead atoms. The fraction of sp³-hybridized carbons (Fsp3) is 0.250. The molecule has 9 nitrogen and oxygen atoms in total. The summed E-state index contributed by atoms with van der Waals surface area (Å²) >= 11 is 0. The Balaban J connectivity index is 1.74. The molecule has 0 aliphatic carbocycles. The van der Waals surface area contributed by atoms with Crippen LogP contribution in [0.3, 0.4) is 0 Å². The molecule has 3 rings (SSSR count). The van der Waals surface area contributed by atoms with Gasteiger partial charge in [-0.15, -0.1) is 0 Å². The van der Waals surface area contributed by atoms with Crippen LogP contribution in [0.15, 0.2) is 42.6 Å². The molecule has 0 radical (unpaired) electrons. The van der Waals surface area contributed by atoms with Crippen LogP contribution in [0.1, 0.15) is 31.2 Å². The van der Waals surface area contributed by atoms with Crippen LogP contribution in [0.2, 0.25) is 0 Å². The summed E-state index contributed by atoms with van der Waals surface area (Å²) in [6.45, 7) is 1.73. The number of ether oxygens (including phenoxy) is 1. The van der Waals surface area contributed by atoms with Crippen molar-refractivity contribution >= 4 is 29.9 Å². The number of piperazine rings is 1. The molecule has 0 unspecified atom stereocenters. The molecule has 1 aromatic carbocycles. The van der Waals surface area contributed by atoms with Crippen molar-refractivity contribution in [3.63, 3.8) is 0 Å². The Morgan fingerprint density at radius 3 is 2.52 bits per heavy atom.